The Balaban J connectivity index is 1.87. The fourth-order valence-corrected chi connectivity index (χ4v) is 2.83. The van der Waals surface area contributed by atoms with Gasteiger partial charge in [0.05, 0.1) is 0 Å². The van der Waals surface area contributed by atoms with E-state index in [0.29, 0.717) is 13.1 Å². The highest BCUT2D eigenvalue weighted by Crippen LogP contribution is 2.22. The van der Waals surface area contributed by atoms with Gasteiger partial charge in [-0.25, -0.2) is 0 Å². The maximum absolute atomic E-state index is 12.4. The minimum Gasteiger partial charge on any atom is -0.339 e. The first-order chi connectivity index (χ1) is 9.11. The van der Waals surface area contributed by atoms with Gasteiger partial charge in [-0.05, 0) is 32.3 Å². The van der Waals surface area contributed by atoms with Crippen molar-refractivity contribution in [2.24, 2.45) is 5.92 Å². The van der Waals surface area contributed by atoms with E-state index in [9.17, 15) is 9.59 Å². The molecule has 0 N–H and O–H groups in total. The predicted molar refractivity (Wildman–Crippen MR) is 74.5 cm³/mol. The molecule has 4 nitrogen and oxygen atoms in total. The smallest absolute Gasteiger partial charge is 0.245 e. The van der Waals surface area contributed by atoms with E-state index >= 15 is 0 Å². The molecule has 0 radical (unpaired) electrons. The molecule has 19 heavy (non-hydrogen) atoms. The lowest BCUT2D eigenvalue weighted by molar-refractivity contribution is -0.139. The quantitative estimate of drug-likeness (QED) is 0.560. The van der Waals surface area contributed by atoms with Crippen LogP contribution in [0.15, 0.2) is 24.3 Å². The molecule has 0 spiro atoms. The van der Waals surface area contributed by atoms with Crippen molar-refractivity contribution in [2.45, 2.75) is 26.2 Å². The second-order valence-corrected chi connectivity index (χ2v) is 5.40. The summed E-state index contributed by atoms with van der Waals surface area (Å²) in [5.74, 6) is 0.320. The van der Waals surface area contributed by atoms with Crippen molar-refractivity contribution in [2.75, 3.05) is 26.2 Å². The number of amides is 2. The molecule has 2 rings (SSSR count). The zero-order valence-electron chi connectivity index (χ0n) is 11.6. The fourth-order valence-electron chi connectivity index (χ4n) is 2.83. The van der Waals surface area contributed by atoms with Crippen molar-refractivity contribution in [3.05, 3.63) is 24.3 Å². The Hall–Kier alpha value is -1.58. The van der Waals surface area contributed by atoms with Crippen molar-refractivity contribution < 1.29 is 9.59 Å². The van der Waals surface area contributed by atoms with Crippen LogP contribution < -0.4 is 0 Å². The Morgan fingerprint density at radius 3 is 2.53 bits per heavy atom. The first-order valence-electron chi connectivity index (χ1n) is 6.97. The van der Waals surface area contributed by atoms with Crippen LogP contribution in [0.5, 0.6) is 0 Å². The summed E-state index contributed by atoms with van der Waals surface area (Å²) in [6.45, 7) is 8.52. The first-order valence-corrected chi connectivity index (χ1v) is 6.97. The van der Waals surface area contributed by atoms with Crippen LogP contribution in [0.2, 0.25) is 0 Å². The third kappa shape index (κ3) is 3.25. The van der Waals surface area contributed by atoms with E-state index in [4.69, 9.17) is 0 Å². The number of carbonyl (C=O) groups excluding carboxylic acids is 2. The molecule has 2 aliphatic heterocycles. The monoisotopic (exact) mass is 262 g/mol. The van der Waals surface area contributed by atoms with Crippen molar-refractivity contribution in [1.29, 1.82) is 0 Å². The second-order valence-electron chi connectivity index (χ2n) is 5.40. The molecule has 2 heterocycles. The van der Waals surface area contributed by atoms with Crippen molar-refractivity contribution >= 4 is 11.8 Å². The summed E-state index contributed by atoms with van der Waals surface area (Å²) in [4.78, 5) is 27.7. The Bertz CT molecular complexity index is 406. The summed E-state index contributed by atoms with van der Waals surface area (Å²) in [5.41, 5.74) is 1.28. The SMILES string of the molecule is C=CC(=O)N1CCC(C(=O)N2CCC=C(C)C2)CC1. The van der Waals surface area contributed by atoms with Crippen LogP contribution in [0.3, 0.4) is 0 Å². The summed E-state index contributed by atoms with van der Waals surface area (Å²) >= 11 is 0. The van der Waals surface area contributed by atoms with E-state index in [1.807, 2.05) is 4.90 Å². The molecule has 4 heteroatoms. The Morgan fingerprint density at radius 1 is 1.26 bits per heavy atom. The van der Waals surface area contributed by atoms with E-state index in [-0.39, 0.29) is 17.7 Å². The first kappa shape index (κ1) is 13.8. The highest BCUT2D eigenvalue weighted by Gasteiger charge is 2.30. The molecule has 0 aromatic carbocycles. The van der Waals surface area contributed by atoms with Crippen LogP contribution in [0, 0.1) is 5.92 Å². The largest absolute Gasteiger partial charge is 0.339 e. The third-order valence-corrected chi connectivity index (χ3v) is 3.97. The van der Waals surface area contributed by atoms with Crippen molar-refractivity contribution in [1.82, 2.24) is 9.80 Å². The lowest BCUT2D eigenvalue weighted by Gasteiger charge is -2.35. The van der Waals surface area contributed by atoms with E-state index in [1.54, 1.807) is 4.90 Å². The van der Waals surface area contributed by atoms with Gasteiger partial charge in [-0.2, -0.15) is 0 Å². The Labute approximate surface area is 114 Å². The summed E-state index contributed by atoms with van der Waals surface area (Å²) < 4.78 is 0. The molecule has 0 bridgehead atoms. The topological polar surface area (TPSA) is 40.6 Å². The molecule has 1 saturated heterocycles. The molecule has 0 atom stereocenters. The number of hydrogen-bond donors (Lipinski definition) is 0. The number of likely N-dealkylation sites (tertiary alicyclic amines) is 1. The number of hydrogen-bond acceptors (Lipinski definition) is 2. The van der Waals surface area contributed by atoms with Gasteiger partial charge in [-0.3, -0.25) is 9.59 Å². The molecule has 0 unspecified atom stereocenters. The summed E-state index contributed by atoms with van der Waals surface area (Å²) in [7, 11) is 0. The highest BCUT2D eigenvalue weighted by atomic mass is 16.2. The number of carbonyl (C=O) groups is 2. The Morgan fingerprint density at radius 2 is 1.95 bits per heavy atom. The maximum atomic E-state index is 12.4. The van der Waals surface area contributed by atoms with Crippen LogP contribution in [0.4, 0.5) is 0 Å². The minimum absolute atomic E-state index is 0.0253. The molecular weight excluding hydrogens is 240 g/mol. The van der Waals surface area contributed by atoms with Crippen LogP contribution in [0.25, 0.3) is 0 Å². The zero-order valence-corrected chi connectivity index (χ0v) is 11.6. The molecule has 0 aromatic rings. The summed E-state index contributed by atoms with van der Waals surface area (Å²) in [6.07, 6.45) is 6.07. The van der Waals surface area contributed by atoms with Gasteiger partial charge in [-0.1, -0.05) is 18.2 Å². The second kappa shape index (κ2) is 6.04. The molecule has 104 valence electrons. The molecule has 0 aromatic heterocycles. The number of nitrogens with zero attached hydrogens (tertiary/aromatic N) is 2. The molecule has 0 aliphatic carbocycles. The van der Waals surface area contributed by atoms with Gasteiger partial charge in [-0.15, -0.1) is 0 Å². The van der Waals surface area contributed by atoms with Gasteiger partial charge in [0.25, 0.3) is 0 Å². The van der Waals surface area contributed by atoms with Crippen LogP contribution in [-0.2, 0) is 9.59 Å². The lowest BCUT2D eigenvalue weighted by Crippen LogP contribution is -2.45. The standard InChI is InChI=1S/C15H22N2O2/c1-3-14(18)16-9-6-13(7-10-16)15(19)17-8-4-5-12(2)11-17/h3,5,13H,1,4,6-11H2,2H3. The lowest BCUT2D eigenvalue weighted by atomic mass is 9.94. The van der Waals surface area contributed by atoms with E-state index in [1.165, 1.54) is 11.6 Å². The normalized spacial score (nSPS) is 21.0. The maximum Gasteiger partial charge on any atom is 0.245 e. The zero-order chi connectivity index (χ0) is 13.8. The van der Waals surface area contributed by atoms with Gasteiger partial charge < -0.3 is 9.80 Å². The number of rotatable bonds is 2. The summed E-state index contributed by atoms with van der Waals surface area (Å²) in [5, 5.41) is 0. The summed E-state index contributed by atoms with van der Waals surface area (Å²) in [6, 6.07) is 0. The van der Waals surface area contributed by atoms with E-state index in [2.05, 4.69) is 19.6 Å². The highest BCUT2D eigenvalue weighted by molar-refractivity contribution is 5.87. The Kier molecular flexibility index (Phi) is 4.40. The van der Waals surface area contributed by atoms with Crippen molar-refractivity contribution in [3.63, 3.8) is 0 Å². The van der Waals surface area contributed by atoms with Crippen LogP contribution in [0.1, 0.15) is 26.2 Å². The van der Waals surface area contributed by atoms with Gasteiger partial charge >= 0.3 is 0 Å². The van der Waals surface area contributed by atoms with Crippen LogP contribution >= 0.6 is 0 Å². The van der Waals surface area contributed by atoms with E-state index in [0.717, 1.165) is 32.4 Å². The van der Waals surface area contributed by atoms with Crippen molar-refractivity contribution in [3.8, 4) is 0 Å². The number of piperidine rings is 1. The van der Waals surface area contributed by atoms with Crippen LogP contribution in [-0.4, -0.2) is 47.8 Å². The fraction of sp³-hybridized carbons (Fsp3) is 0.600. The van der Waals surface area contributed by atoms with Gasteiger partial charge in [0, 0.05) is 32.1 Å². The van der Waals surface area contributed by atoms with E-state index < -0.39 is 0 Å². The van der Waals surface area contributed by atoms with Gasteiger partial charge in [0.1, 0.15) is 0 Å². The average Bonchev–Trinajstić information content (AvgIpc) is 2.46. The third-order valence-electron chi connectivity index (χ3n) is 3.97. The van der Waals surface area contributed by atoms with Gasteiger partial charge in [0.15, 0.2) is 0 Å². The predicted octanol–water partition coefficient (Wildman–Crippen LogP) is 1.59. The molecule has 0 saturated carbocycles. The molecule has 2 aliphatic rings. The van der Waals surface area contributed by atoms with Gasteiger partial charge in [0.2, 0.25) is 11.8 Å². The molecule has 2 amide bonds. The molecule has 1 fully saturated rings. The average molecular weight is 262 g/mol. The molecular formula is C15H22N2O2. The minimum atomic E-state index is -0.0253.